The van der Waals surface area contributed by atoms with Gasteiger partial charge < -0.3 is 10.5 Å². The number of hydrogen-bond donors (Lipinski definition) is 1. The highest BCUT2D eigenvalue weighted by Gasteiger charge is 2.31. The van der Waals surface area contributed by atoms with Gasteiger partial charge in [0.15, 0.2) is 9.34 Å². The molecule has 0 radical (unpaired) electrons. The Kier molecular flexibility index (Phi) is 3.50. The van der Waals surface area contributed by atoms with E-state index in [-0.39, 0.29) is 9.34 Å². The van der Waals surface area contributed by atoms with Crippen molar-refractivity contribution in [3.8, 4) is 5.75 Å². The highest BCUT2D eigenvalue weighted by atomic mass is 32.2. The van der Waals surface area contributed by atoms with Crippen molar-refractivity contribution in [3.05, 3.63) is 30.0 Å². The normalized spacial score (nSPS) is 15.2. The molecule has 0 bridgehead atoms. The molecule has 1 aliphatic heterocycles. The van der Waals surface area contributed by atoms with E-state index in [1.54, 1.807) is 25.1 Å². The maximum absolute atomic E-state index is 12.9. The number of ether oxygens (including phenoxy) is 1. The van der Waals surface area contributed by atoms with Crippen LogP contribution < -0.4 is 14.8 Å². The summed E-state index contributed by atoms with van der Waals surface area (Å²) in [4.78, 5) is 4.01. The highest BCUT2D eigenvalue weighted by molar-refractivity contribution is 7.94. The standard InChI is InChI=1S/C13H15N3O3S2/c1-9-12(20-13(14)15-9)21(17,18)16-7-4-8-19-11-6-3-2-5-10(11)16/h2-3,5-6H,4,7-8H2,1H3,(H2,14,15). The predicted octanol–water partition coefficient (Wildman–Crippen LogP) is 2.01. The first-order valence-corrected chi connectivity index (χ1v) is 8.73. The number of rotatable bonds is 2. The van der Waals surface area contributed by atoms with Crippen molar-refractivity contribution in [3.63, 3.8) is 0 Å². The number of hydrogen-bond acceptors (Lipinski definition) is 6. The second-order valence-corrected chi connectivity index (χ2v) is 7.76. The van der Waals surface area contributed by atoms with E-state index in [2.05, 4.69) is 4.98 Å². The van der Waals surface area contributed by atoms with Crippen LogP contribution in [-0.4, -0.2) is 26.6 Å². The topological polar surface area (TPSA) is 85.5 Å². The molecule has 112 valence electrons. The molecule has 21 heavy (non-hydrogen) atoms. The lowest BCUT2D eigenvalue weighted by Crippen LogP contribution is -2.31. The quantitative estimate of drug-likeness (QED) is 0.913. The maximum atomic E-state index is 12.9. The van der Waals surface area contributed by atoms with Crippen LogP contribution in [0.2, 0.25) is 0 Å². The predicted molar refractivity (Wildman–Crippen MR) is 82.3 cm³/mol. The Hall–Kier alpha value is -1.80. The lowest BCUT2D eigenvalue weighted by atomic mass is 10.3. The van der Waals surface area contributed by atoms with Crippen LogP contribution in [0.15, 0.2) is 28.5 Å². The smallest absolute Gasteiger partial charge is 0.275 e. The summed E-state index contributed by atoms with van der Waals surface area (Å²) in [5, 5.41) is 0.255. The lowest BCUT2D eigenvalue weighted by molar-refractivity contribution is 0.322. The number of nitrogens with two attached hydrogens (primary N) is 1. The number of anilines is 2. The van der Waals surface area contributed by atoms with Gasteiger partial charge in [0.1, 0.15) is 5.75 Å². The molecule has 0 aliphatic carbocycles. The number of nitrogen functional groups attached to an aromatic ring is 1. The molecule has 0 unspecified atom stereocenters. The van der Waals surface area contributed by atoms with E-state index in [0.29, 0.717) is 36.7 Å². The van der Waals surface area contributed by atoms with E-state index in [1.807, 2.05) is 6.07 Å². The first kappa shape index (κ1) is 14.2. The Bertz CT molecular complexity index is 771. The number of para-hydroxylation sites is 2. The Morgan fingerprint density at radius 1 is 1.38 bits per heavy atom. The van der Waals surface area contributed by atoms with Crippen LogP contribution in [0.1, 0.15) is 12.1 Å². The highest BCUT2D eigenvalue weighted by Crippen LogP contribution is 2.37. The molecule has 0 atom stereocenters. The molecule has 2 N–H and O–H groups in total. The molecule has 6 nitrogen and oxygen atoms in total. The van der Waals surface area contributed by atoms with Gasteiger partial charge >= 0.3 is 0 Å². The van der Waals surface area contributed by atoms with Gasteiger partial charge in [-0.3, -0.25) is 4.31 Å². The fraction of sp³-hybridized carbons (Fsp3) is 0.308. The van der Waals surface area contributed by atoms with E-state index in [9.17, 15) is 8.42 Å². The number of nitrogens with zero attached hydrogens (tertiary/aromatic N) is 2. The first-order valence-electron chi connectivity index (χ1n) is 6.47. The molecular weight excluding hydrogens is 310 g/mol. The number of aryl methyl sites for hydroxylation is 1. The second kappa shape index (κ2) is 5.19. The summed E-state index contributed by atoms with van der Waals surface area (Å²) in [7, 11) is -3.68. The first-order chi connectivity index (χ1) is 10.00. The third kappa shape index (κ3) is 2.44. The van der Waals surface area contributed by atoms with Gasteiger partial charge in [0.25, 0.3) is 10.0 Å². The van der Waals surface area contributed by atoms with Gasteiger partial charge in [-0.25, -0.2) is 13.4 Å². The van der Waals surface area contributed by atoms with Crippen LogP contribution in [0.4, 0.5) is 10.8 Å². The van der Waals surface area contributed by atoms with Crippen molar-refractivity contribution in [2.45, 2.75) is 17.6 Å². The Balaban J connectivity index is 2.13. The number of benzene rings is 1. The molecule has 3 rings (SSSR count). The minimum absolute atomic E-state index is 0.191. The van der Waals surface area contributed by atoms with E-state index in [1.165, 1.54) is 4.31 Å². The largest absolute Gasteiger partial charge is 0.491 e. The summed E-state index contributed by atoms with van der Waals surface area (Å²) < 4.78 is 33.0. The molecule has 0 amide bonds. The molecule has 0 saturated heterocycles. The molecule has 1 aromatic carbocycles. The SMILES string of the molecule is Cc1nc(N)sc1S(=O)(=O)N1CCCOc2ccccc21. The van der Waals surface area contributed by atoms with E-state index in [4.69, 9.17) is 10.5 Å². The number of sulfonamides is 1. The summed E-state index contributed by atoms with van der Waals surface area (Å²) >= 11 is 0.993. The zero-order valence-electron chi connectivity index (χ0n) is 11.4. The van der Waals surface area contributed by atoms with E-state index < -0.39 is 10.0 Å². The molecular formula is C13H15N3O3S2. The van der Waals surface area contributed by atoms with Gasteiger partial charge in [0, 0.05) is 13.0 Å². The van der Waals surface area contributed by atoms with Gasteiger partial charge in [0.05, 0.1) is 18.0 Å². The second-order valence-electron chi connectivity index (χ2n) is 4.67. The molecule has 0 fully saturated rings. The van der Waals surface area contributed by atoms with E-state index >= 15 is 0 Å². The van der Waals surface area contributed by atoms with Crippen molar-refractivity contribution in [1.29, 1.82) is 0 Å². The van der Waals surface area contributed by atoms with Crippen molar-refractivity contribution >= 4 is 32.2 Å². The minimum Gasteiger partial charge on any atom is -0.491 e. The Morgan fingerprint density at radius 2 is 2.14 bits per heavy atom. The zero-order valence-corrected chi connectivity index (χ0v) is 13.1. The van der Waals surface area contributed by atoms with Crippen LogP contribution in [0.5, 0.6) is 5.75 Å². The fourth-order valence-electron chi connectivity index (χ4n) is 2.29. The molecule has 8 heteroatoms. The van der Waals surface area contributed by atoms with Crippen LogP contribution in [0, 0.1) is 6.92 Å². The Morgan fingerprint density at radius 3 is 2.86 bits per heavy atom. The van der Waals surface area contributed by atoms with Crippen LogP contribution in [-0.2, 0) is 10.0 Å². The maximum Gasteiger partial charge on any atom is 0.275 e. The summed E-state index contributed by atoms with van der Waals surface area (Å²) in [5.74, 6) is 0.578. The van der Waals surface area contributed by atoms with Crippen LogP contribution in [0.3, 0.4) is 0 Å². The number of thiazole rings is 1. The summed E-state index contributed by atoms with van der Waals surface area (Å²) in [6.07, 6.45) is 0.626. The molecule has 1 aliphatic rings. The summed E-state index contributed by atoms with van der Waals surface area (Å²) in [5.41, 5.74) is 6.62. The molecule has 2 heterocycles. The van der Waals surface area contributed by atoms with Crippen molar-refractivity contribution < 1.29 is 13.2 Å². The lowest BCUT2D eigenvalue weighted by Gasteiger charge is -2.22. The number of fused-ring (bicyclic) bond motifs is 1. The third-order valence-corrected chi connectivity index (χ3v) is 6.58. The van der Waals surface area contributed by atoms with Gasteiger partial charge in [-0.2, -0.15) is 0 Å². The van der Waals surface area contributed by atoms with Gasteiger partial charge in [-0.1, -0.05) is 23.5 Å². The number of aromatic nitrogens is 1. The third-order valence-electron chi connectivity index (χ3n) is 3.19. The average molecular weight is 325 g/mol. The average Bonchev–Trinajstić information content (AvgIpc) is 2.68. The van der Waals surface area contributed by atoms with E-state index in [0.717, 1.165) is 11.3 Å². The van der Waals surface area contributed by atoms with Crippen LogP contribution >= 0.6 is 11.3 Å². The molecule has 1 aromatic heterocycles. The van der Waals surface area contributed by atoms with Gasteiger partial charge in [-0.05, 0) is 19.1 Å². The molecule has 2 aromatic rings. The van der Waals surface area contributed by atoms with Crippen molar-refractivity contribution in [2.75, 3.05) is 23.2 Å². The fourth-order valence-corrected chi connectivity index (χ4v) is 5.20. The summed E-state index contributed by atoms with van der Waals surface area (Å²) in [6, 6.07) is 7.14. The van der Waals surface area contributed by atoms with Crippen LogP contribution in [0.25, 0.3) is 0 Å². The molecule has 0 spiro atoms. The Labute approximate surface area is 127 Å². The minimum atomic E-state index is -3.68. The van der Waals surface area contributed by atoms with Gasteiger partial charge in [-0.15, -0.1) is 0 Å². The monoisotopic (exact) mass is 325 g/mol. The van der Waals surface area contributed by atoms with Crippen molar-refractivity contribution in [2.24, 2.45) is 0 Å². The zero-order chi connectivity index (χ0) is 15.0. The van der Waals surface area contributed by atoms with Gasteiger partial charge in [0.2, 0.25) is 0 Å². The molecule has 0 saturated carbocycles. The van der Waals surface area contributed by atoms with Crippen molar-refractivity contribution in [1.82, 2.24) is 4.98 Å². The summed E-state index contributed by atoms with van der Waals surface area (Å²) in [6.45, 7) is 2.52.